The molecule has 4 nitrogen and oxygen atoms in total. The van der Waals surface area contributed by atoms with Crippen LogP contribution in [0, 0.1) is 0 Å². The molecule has 1 aliphatic rings. The number of nitrogens with zero attached hydrogens (tertiary/aromatic N) is 1. The molecule has 4 heteroatoms. The van der Waals surface area contributed by atoms with Gasteiger partial charge in [-0.2, -0.15) is 0 Å². The third kappa shape index (κ3) is 5.02. The number of aliphatic hydroxyl groups is 1. The van der Waals surface area contributed by atoms with Gasteiger partial charge in [-0.05, 0) is 26.7 Å². The van der Waals surface area contributed by atoms with Crippen LogP contribution in [0.25, 0.3) is 0 Å². The Hall–Kier alpha value is -0.770. The highest BCUT2D eigenvalue weighted by molar-refractivity contribution is 5.74. The molecule has 88 valence electrons. The van der Waals surface area contributed by atoms with Crippen LogP contribution in [0.1, 0.15) is 39.5 Å². The van der Waals surface area contributed by atoms with Crippen LogP contribution in [0.4, 0.5) is 4.79 Å². The van der Waals surface area contributed by atoms with Crippen LogP contribution in [0.5, 0.6) is 0 Å². The normalized spacial score (nSPS) is 18.5. The summed E-state index contributed by atoms with van der Waals surface area (Å²) in [5.74, 6) is 0. The minimum absolute atomic E-state index is 0.0426. The Morgan fingerprint density at radius 1 is 1.27 bits per heavy atom. The fourth-order valence-electron chi connectivity index (χ4n) is 1.68. The number of amides is 2. The van der Waals surface area contributed by atoms with E-state index in [4.69, 9.17) is 0 Å². The molecule has 0 radical (unpaired) electrons. The predicted octanol–water partition coefficient (Wildman–Crippen LogP) is 1.34. The van der Waals surface area contributed by atoms with Crippen LogP contribution in [-0.2, 0) is 0 Å². The van der Waals surface area contributed by atoms with E-state index >= 15 is 0 Å². The summed E-state index contributed by atoms with van der Waals surface area (Å²) in [6.45, 7) is 5.38. The molecule has 2 amide bonds. The Morgan fingerprint density at radius 3 is 2.27 bits per heavy atom. The van der Waals surface area contributed by atoms with Crippen molar-refractivity contribution < 1.29 is 9.90 Å². The number of hydrogen-bond donors (Lipinski definition) is 2. The van der Waals surface area contributed by atoms with Crippen molar-refractivity contribution in [3.8, 4) is 0 Å². The second-order valence-electron chi connectivity index (χ2n) is 4.87. The van der Waals surface area contributed by atoms with Gasteiger partial charge in [-0.1, -0.05) is 12.8 Å². The van der Waals surface area contributed by atoms with Gasteiger partial charge in [0.2, 0.25) is 0 Å². The maximum Gasteiger partial charge on any atom is 0.317 e. The third-order valence-electron chi connectivity index (χ3n) is 2.57. The first-order valence-corrected chi connectivity index (χ1v) is 5.74. The van der Waals surface area contributed by atoms with Crippen LogP contribution in [-0.4, -0.2) is 41.3 Å². The first-order valence-electron chi connectivity index (χ1n) is 5.74. The summed E-state index contributed by atoms with van der Waals surface area (Å²) in [5.41, 5.74) is -0.832. The summed E-state index contributed by atoms with van der Waals surface area (Å²) < 4.78 is 0. The lowest BCUT2D eigenvalue weighted by Gasteiger charge is -2.24. The molecular weight excluding hydrogens is 192 g/mol. The van der Waals surface area contributed by atoms with Crippen LogP contribution in [0.3, 0.4) is 0 Å². The SMILES string of the molecule is CC(C)(O)CNC(=O)N1CCCCCC1. The fourth-order valence-corrected chi connectivity index (χ4v) is 1.68. The van der Waals surface area contributed by atoms with Crippen molar-refractivity contribution in [1.29, 1.82) is 0 Å². The molecule has 1 aliphatic heterocycles. The lowest BCUT2D eigenvalue weighted by Crippen LogP contribution is -2.45. The molecule has 1 heterocycles. The molecule has 1 saturated heterocycles. The molecule has 15 heavy (non-hydrogen) atoms. The topological polar surface area (TPSA) is 52.6 Å². The molecule has 0 atom stereocenters. The van der Waals surface area contributed by atoms with Crippen LogP contribution in [0.15, 0.2) is 0 Å². The van der Waals surface area contributed by atoms with Gasteiger partial charge >= 0.3 is 6.03 Å². The average Bonchev–Trinajstić information content (AvgIpc) is 2.41. The number of hydrogen-bond acceptors (Lipinski definition) is 2. The van der Waals surface area contributed by atoms with E-state index in [1.54, 1.807) is 13.8 Å². The van der Waals surface area contributed by atoms with Crippen molar-refractivity contribution in [3.63, 3.8) is 0 Å². The number of carbonyl (C=O) groups is 1. The summed E-state index contributed by atoms with van der Waals surface area (Å²) in [7, 11) is 0. The monoisotopic (exact) mass is 214 g/mol. The predicted molar refractivity (Wildman–Crippen MR) is 59.7 cm³/mol. The smallest absolute Gasteiger partial charge is 0.317 e. The van der Waals surface area contributed by atoms with Gasteiger partial charge in [-0.25, -0.2) is 4.79 Å². The summed E-state index contributed by atoms with van der Waals surface area (Å²) in [6, 6.07) is -0.0426. The van der Waals surface area contributed by atoms with E-state index in [1.807, 2.05) is 4.90 Å². The molecule has 0 aliphatic carbocycles. The largest absolute Gasteiger partial charge is 0.389 e. The van der Waals surface area contributed by atoms with Crippen molar-refractivity contribution in [2.45, 2.75) is 45.1 Å². The molecule has 1 fully saturated rings. The number of likely N-dealkylation sites (tertiary alicyclic amines) is 1. The quantitative estimate of drug-likeness (QED) is 0.729. The van der Waals surface area contributed by atoms with E-state index in [2.05, 4.69) is 5.32 Å². The van der Waals surface area contributed by atoms with Gasteiger partial charge in [-0.15, -0.1) is 0 Å². The van der Waals surface area contributed by atoms with E-state index in [9.17, 15) is 9.90 Å². The standard InChI is InChI=1S/C11H22N2O2/c1-11(2,15)9-12-10(14)13-7-5-3-4-6-8-13/h15H,3-9H2,1-2H3,(H,12,14). The van der Waals surface area contributed by atoms with E-state index in [1.165, 1.54) is 12.8 Å². The van der Waals surface area contributed by atoms with E-state index in [0.29, 0.717) is 6.54 Å². The molecule has 0 unspecified atom stereocenters. The van der Waals surface area contributed by atoms with E-state index < -0.39 is 5.60 Å². The first-order chi connectivity index (χ1) is 6.99. The van der Waals surface area contributed by atoms with Gasteiger partial charge in [0.15, 0.2) is 0 Å². The zero-order chi connectivity index (χ0) is 11.3. The van der Waals surface area contributed by atoms with Gasteiger partial charge in [0.25, 0.3) is 0 Å². The van der Waals surface area contributed by atoms with Crippen LogP contribution < -0.4 is 5.32 Å². The molecule has 1 rings (SSSR count). The van der Waals surface area contributed by atoms with Gasteiger partial charge in [-0.3, -0.25) is 0 Å². The molecule has 0 aromatic carbocycles. The zero-order valence-corrected chi connectivity index (χ0v) is 9.75. The maximum atomic E-state index is 11.7. The molecule has 0 aromatic rings. The average molecular weight is 214 g/mol. The van der Waals surface area contributed by atoms with Gasteiger partial charge < -0.3 is 15.3 Å². The van der Waals surface area contributed by atoms with Crippen LogP contribution in [0.2, 0.25) is 0 Å². The number of rotatable bonds is 2. The molecule has 0 saturated carbocycles. The molecule has 0 spiro atoms. The molecular formula is C11H22N2O2. The number of urea groups is 1. The van der Waals surface area contributed by atoms with Crippen molar-refractivity contribution in [2.24, 2.45) is 0 Å². The second-order valence-corrected chi connectivity index (χ2v) is 4.87. The van der Waals surface area contributed by atoms with Gasteiger partial charge in [0.05, 0.1) is 5.60 Å². The minimum Gasteiger partial charge on any atom is -0.389 e. The first kappa shape index (κ1) is 12.3. The summed E-state index contributed by atoms with van der Waals surface area (Å²) in [5, 5.41) is 12.2. The Labute approximate surface area is 91.6 Å². The highest BCUT2D eigenvalue weighted by atomic mass is 16.3. The number of carbonyl (C=O) groups excluding carboxylic acids is 1. The fraction of sp³-hybridized carbons (Fsp3) is 0.909. The summed E-state index contributed by atoms with van der Waals surface area (Å²) >= 11 is 0. The highest BCUT2D eigenvalue weighted by Crippen LogP contribution is 2.09. The minimum atomic E-state index is -0.832. The lowest BCUT2D eigenvalue weighted by molar-refractivity contribution is 0.0796. The van der Waals surface area contributed by atoms with Gasteiger partial charge in [0, 0.05) is 19.6 Å². The van der Waals surface area contributed by atoms with Crippen LogP contribution >= 0.6 is 0 Å². The summed E-state index contributed by atoms with van der Waals surface area (Å²) in [4.78, 5) is 13.5. The highest BCUT2D eigenvalue weighted by Gasteiger charge is 2.18. The Kier molecular flexibility index (Phi) is 4.39. The zero-order valence-electron chi connectivity index (χ0n) is 9.75. The van der Waals surface area contributed by atoms with Crippen molar-refractivity contribution in [3.05, 3.63) is 0 Å². The Bertz CT molecular complexity index is 203. The third-order valence-corrected chi connectivity index (χ3v) is 2.57. The lowest BCUT2D eigenvalue weighted by atomic mass is 10.1. The Morgan fingerprint density at radius 2 is 1.80 bits per heavy atom. The number of nitrogens with one attached hydrogen (secondary N) is 1. The Balaban J connectivity index is 2.32. The van der Waals surface area contributed by atoms with Gasteiger partial charge in [0.1, 0.15) is 0 Å². The van der Waals surface area contributed by atoms with E-state index in [-0.39, 0.29) is 6.03 Å². The summed E-state index contributed by atoms with van der Waals surface area (Å²) in [6.07, 6.45) is 4.62. The van der Waals surface area contributed by atoms with Crippen molar-refractivity contribution in [1.82, 2.24) is 10.2 Å². The van der Waals surface area contributed by atoms with Crippen molar-refractivity contribution >= 4 is 6.03 Å². The maximum absolute atomic E-state index is 11.7. The second kappa shape index (κ2) is 5.35. The molecule has 0 bridgehead atoms. The van der Waals surface area contributed by atoms with E-state index in [0.717, 1.165) is 25.9 Å². The molecule has 2 N–H and O–H groups in total. The molecule has 0 aromatic heterocycles. The van der Waals surface area contributed by atoms with Crippen molar-refractivity contribution in [2.75, 3.05) is 19.6 Å².